The second-order valence-corrected chi connectivity index (χ2v) is 7.25. The Morgan fingerprint density at radius 3 is 2.81 bits per heavy atom. The number of hydrogen-bond donors (Lipinski definition) is 0. The van der Waals surface area contributed by atoms with E-state index in [1.807, 2.05) is 38.2 Å². The summed E-state index contributed by atoms with van der Waals surface area (Å²) in [7, 11) is 0. The molecule has 1 saturated carbocycles. The summed E-state index contributed by atoms with van der Waals surface area (Å²) in [6.07, 6.45) is 8.27. The fourth-order valence-corrected chi connectivity index (χ4v) is 2.95. The van der Waals surface area contributed by atoms with Crippen molar-refractivity contribution < 1.29 is 9.53 Å². The van der Waals surface area contributed by atoms with Crippen LogP contribution >= 0.6 is 0 Å². The molecule has 0 aromatic carbocycles. The lowest BCUT2D eigenvalue weighted by molar-refractivity contribution is 0.0219. The first-order chi connectivity index (χ1) is 9.94. The first kappa shape index (κ1) is 14.4. The monoisotopic (exact) mass is 291 g/mol. The maximum absolute atomic E-state index is 12.4. The third kappa shape index (κ3) is 3.39. The number of nitrogens with zero attached hydrogens (tertiary/aromatic N) is 3. The number of hydrogen-bond acceptors (Lipinski definition) is 3. The van der Waals surface area contributed by atoms with Crippen molar-refractivity contribution in [3.8, 4) is 0 Å². The van der Waals surface area contributed by atoms with Crippen LogP contribution in [0.2, 0.25) is 0 Å². The zero-order chi connectivity index (χ0) is 15.0. The van der Waals surface area contributed by atoms with E-state index in [1.165, 1.54) is 12.8 Å². The number of ether oxygens (including phenoxy) is 1. The van der Waals surface area contributed by atoms with E-state index < -0.39 is 5.60 Å². The molecule has 2 heterocycles. The zero-order valence-corrected chi connectivity index (χ0v) is 13.2. The van der Waals surface area contributed by atoms with Gasteiger partial charge in [0.1, 0.15) is 5.60 Å². The second kappa shape index (κ2) is 5.35. The number of imidazole rings is 1. The summed E-state index contributed by atoms with van der Waals surface area (Å²) >= 11 is 0. The summed E-state index contributed by atoms with van der Waals surface area (Å²) in [6, 6.07) is 0.112. The zero-order valence-electron chi connectivity index (χ0n) is 13.2. The van der Waals surface area contributed by atoms with Gasteiger partial charge >= 0.3 is 6.09 Å². The van der Waals surface area contributed by atoms with E-state index in [-0.39, 0.29) is 12.1 Å². The van der Waals surface area contributed by atoms with Crippen LogP contribution in [0.25, 0.3) is 0 Å². The van der Waals surface area contributed by atoms with Gasteiger partial charge in [-0.25, -0.2) is 9.78 Å². The lowest BCUT2D eigenvalue weighted by atomic mass is 10.1. The van der Waals surface area contributed by atoms with E-state index in [0.29, 0.717) is 0 Å². The normalized spacial score (nSPS) is 22.6. The maximum Gasteiger partial charge on any atom is 0.410 e. The Kier molecular flexibility index (Phi) is 3.68. The molecule has 1 aromatic rings. The molecule has 1 aromatic heterocycles. The molecule has 1 saturated heterocycles. The molecule has 2 aliphatic rings. The summed E-state index contributed by atoms with van der Waals surface area (Å²) in [5.41, 5.74) is 0.712. The van der Waals surface area contributed by atoms with Gasteiger partial charge < -0.3 is 9.30 Å². The van der Waals surface area contributed by atoms with Crippen molar-refractivity contribution in [2.24, 2.45) is 5.92 Å². The second-order valence-electron chi connectivity index (χ2n) is 7.25. The van der Waals surface area contributed by atoms with Crippen molar-refractivity contribution in [2.45, 2.75) is 64.6 Å². The van der Waals surface area contributed by atoms with Gasteiger partial charge in [0.05, 0.1) is 24.3 Å². The number of carbonyl (C=O) groups is 1. The van der Waals surface area contributed by atoms with Crippen molar-refractivity contribution in [1.29, 1.82) is 0 Å². The molecule has 0 unspecified atom stereocenters. The lowest BCUT2D eigenvalue weighted by Crippen LogP contribution is -2.37. The molecule has 0 radical (unpaired) electrons. The summed E-state index contributed by atoms with van der Waals surface area (Å²) in [5.74, 6) is 0.800. The van der Waals surface area contributed by atoms with Crippen LogP contribution in [-0.2, 0) is 11.3 Å². The molecule has 3 rings (SSSR count). The Labute approximate surface area is 126 Å². The summed E-state index contributed by atoms with van der Waals surface area (Å²) in [4.78, 5) is 18.6. The van der Waals surface area contributed by atoms with Crippen molar-refractivity contribution in [2.75, 3.05) is 6.54 Å². The van der Waals surface area contributed by atoms with Crippen molar-refractivity contribution in [1.82, 2.24) is 14.5 Å². The molecule has 1 aliphatic heterocycles. The Balaban J connectivity index is 1.74. The Morgan fingerprint density at radius 1 is 1.38 bits per heavy atom. The van der Waals surface area contributed by atoms with E-state index in [0.717, 1.165) is 37.5 Å². The Morgan fingerprint density at radius 2 is 2.14 bits per heavy atom. The van der Waals surface area contributed by atoms with E-state index in [4.69, 9.17) is 4.74 Å². The van der Waals surface area contributed by atoms with Gasteiger partial charge in [-0.2, -0.15) is 0 Å². The van der Waals surface area contributed by atoms with E-state index >= 15 is 0 Å². The number of carbonyl (C=O) groups excluding carboxylic acids is 1. The van der Waals surface area contributed by atoms with Gasteiger partial charge in [-0.05, 0) is 52.4 Å². The molecular formula is C16H25N3O2. The van der Waals surface area contributed by atoms with Gasteiger partial charge in [-0.15, -0.1) is 0 Å². The average molecular weight is 291 g/mol. The van der Waals surface area contributed by atoms with Crippen LogP contribution in [0.1, 0.15) is 58.2 Å². The lowest BCUT2D eigenvalue weighted by Gasteiger charge is -2.29. The molecule has 0 spiro atoms. The van der Waals surface area contributed by atoms with Crippen molar-refractivity contribution >= 4 is 6.09 Å². The quantitative estimate of drug-likeness (QED) is 0.858. The first-order valence-corrected chi connectivity index (χ1v) is 7.94. The third-order valence-corrected chi connectivity index (χ3v) is 4.12. The molecule has 2 fully saturated rings. The minimum atomic E-state index is -0.446. The predicted octanol–water partition coefficient (Wildman–Crippen LogP) is 3.37. The molecule has 0 bridgehead atoms. The molecule has 5 nitrogen and oxygen atoms in total. The summed E-state index contributed by atoms with van der Waals surface area (Å²) < 4.78 is 7.77. The van der Waals surface area contributed by atoms with Crippen LogP contribution in [0, 0.1) is 5.92 Å². The highest BCUT2D eigenvalue weighted by Gasteiger charge is 2.35. The Hall–Kier alpha value is -1.52. The predicted molar refractivity (Wildman–Crippen MR) is 79.9 cm³/mol. The third-order valence-electron chi connectivity index (χ3n) is 4.12. The van der Waals surface area contributed by atoms with Gasteiger partial charge in [-0.3, -0.25) is 4.90 Å². The van der Waals surface area contributed by atoms with Crippen LogP contribution < -0.4 is 0 Å². The van der Waals surface area contributed by atoms with Crippen LogP contribution in [0.5, 0.6) is 0 Å². The van der Waals surface area contributed by atoms with Crippen molar-refractivity contribution in [3.63, 3.8) is 0 Å². The van der Waals surface area contributed by atoms with E-state index in [2.05, 4.69) is 9.55 Å². The molecule has 1 amide bonds. The number of amides is 1. The fraction of sp³-hybridized carbons (Fsp3) is 0.750. The molecule has 5 heteroatoms. The molecule has 1 atom stereocenters. The number of likely N-dealkylation sites (tertiary alicyclic amines) is 1. The number of aromatic nitrogens is 2. The van der Waals surface area contributed by atoms with Crippen LogP contribution in [0.15, 0.2) is 12.5 Å². The van der Waals surface area contributed by atoms with Crippen LogP contribution in [-0.4, -0.2) is 32.7 Å². The minimum absolute atomic E-state index is 0.112. The maximum atomic E-state index is 12.4. The van der Waals surface area contributed by atoms with Gasteiger partial charge in [0.15, 0.2) is 0 Å². The molecule has 21 heavy (non-hydrogen) atoms. The largest absolute Gasteiger partial charge is 0.444 e. The molecule has 1 aliphatic carbocycles. The first-order valence-electron chi connectivity index (χ1n) is 7.94. The van der Waals surface area contributed by atoms with Crippen molar-refractivity contribution in [3.05, 3.63) is 18.2 Å². The smallest absolute Gasteiger partial charge is 0.410 e. The topological polar surface area (TPSA) is 47.4 Å². The van der Waals surface area contributed by atoms with Crippen LogP contribution in [0.4, 0.5) is 4.79 Å². The van der Waals surface area contributed by atoms with E-state index in [1.54, 1.807) is 0 Å². The highest BCUT2D eigenvalue weighted by Crippen LogP contribution is 2.36. The molecule has 0 N–H and O–H groups in total. The highest BCUT2D eigenvalue weighted by molar-refractivity contribution is 5.69. The van der Waals surface area contributed by atoms with Gasteiger partial charge in [0.25, 0.3) is 0 Å². The highest BCUT2D eigenvalue weighted by atomic mass is 16.6. The fourth-order valence-electron chi connectivity index (χ4n) is 2.95. The average Bonchev–Trinajstić information content (AvgIpc) is 2.88. The van der Waals surface area contributed by atoms with Crippen LogP contribution in [0.3, 0.4) is 0 Å². The number of rotatable bonds is 3. The molecule has 116 valence electrons. The van der Waals surface area contributed by atoms with Gasteiger partial charge in [-0.1, -0.05) is 0 Å². The van der Waals surface area contributed by atoms with Gasteiger partial charge in [0, 0.05) is 13.1 Å². The minimum Gasteiger partial charge on any atom is -0.444 e. The standard InChI is InChI=1S/C16H25N3O2/c1-16(2,3)21-15(20)19-8-4-5-13(19)14-9-17-11-18(14)10-12-6-7-12/h9,11-13H,4-8,10H2,1-3H3/t13-/m0/s1. The Bertz CT molecular complexity index is 514. The van der Waals surface area contributed by atoms with E-state index in [9.17, 15) is 4.79 Å². The summed E-state index contributed by atoms with van der Waals surface area (Å²) in [6.45, 7) is 7.54. The summed E-state index contributed by atoms with van der Waals surface area (Å²) in [5, 5.41) is 0. The van der Waals surface area contributed by atoms with Gasteiger partial charge in [0.2, 0.25) is 0 Å². The molecular weight excluding hydrogens is 266 g/mol. The SMILES string of the molecule is CC(C)(C)OC(=O)N1CCC[C@H]1c1cncn1CC1CC1.